The molecule has 2 aromatic carbocycles. The number of thioether (sulfide) groups is 1. The quantitative estimate of drug-likeness (QED) is 0.292. The maximum absolute atomic E-state index is 13.8. The fraction of sp³-hybridized carbons (Fsp3) is 0.500. The minimum Gasteiger partial charge on any atom is -0.493 e. The van der Waals surface area contributed by atoms with E-state index < -0.39 is 12.1 Å². The normalized spacial score (nSPS) is 21.8. The van der Waals surface area contributed by atoms with Crippen LogP contribution in [0.25, 0.3) is 11.1 Å². The van der Waals surface area contributed by atoms with E-state index in [2.05, 4.69) is 28.1 Å². The molecule has 2 aromatic rings. The molecular weight excluding hydrogens is 578 g/mol. The number of allylic oxidation sites excluding steroid dienone is 2. The monoisotopic (exact) mass is 621 g/mol. The van der Waals surface area contributed by atoms with Gasteiger partial charge in [0.25, 0.3) is 0 Å². The smallest absolute Gasteiger partial charge is 0.242 e. The number of fused-ring (bicyclic) bond motifs is 5. The number of hydrogen-bond acceptors (Lipinski definition) is 8. The fourth-order valence-electron chi connectivity index (χ4n) is 7.00. The van der Waals surface area contributed by atoms with Crippen molar-refractivity contribution >= 4 is 29.3 Å². The molecular formula is C34H43N3O6S. The summed E-state index contributed by atoms with van der Waals surface area (Å²) in [6.45, 7) is 2.11. The first kappa shape index (κ1) is 31.8. The summed E-state index contributed by atoms with van der Waals surface area (Å²) >= 11 is 1.66. The van der Waals surface area contributed by atoms with Crippen LogP contribution in [-0.2, 0) is 16.0 Å². The molecule has 3 aliphatic carbocycles. The number of anilines is 1. The van der Waals surface area contributed by atoms with Crippen molar-refractivity contribution in [2.75, 3.05) is 45.2 Å². The summed E-state index contributed by atoms with van der Waals surface area (Å²) in [6, 6.07) is 6.14. The fourth-order valence-corrected chi connectivity index (χ4v) is 7.47. The van der Waals surface area contributed by atoms with Gasteiger partial charge in [-0.3, -0.25) is 14.4 Å². The zero-order valence-electron chi connectivity index (χ0n) is 26.2. The molecule has 2 bridgehead atoms. The molecule has 0 aliphatic heterocycles. The number of aryl methyl sites for hydroxylation is 1. The molecule has 10 heteroatoms. The summed E-state index contributed by atoms with van der Waals surface area (Å²) in [5.74, 6) is 3.61. The van der Waals surface area contributed by atoms with Crippen LogP contribution in [0.5, 0.6) is 17.2 Å². The third-order valence-corrected chi connectivity index (χ3v) is 9.77. The van der Waals surface area contributed by atoms with Crippen molar-refractivity contribution in [3.63, 3.8) is 0 Å². The van der Waals surface area contributed by atoms with Gasteiger partial charge in [-0.2, -0.15) is 11.8 Å². The zero-order valence-corrected chi connectivity index (χ0v) is 27.0. The van der Waals surface area contributed by atoms with Crippen molar-refractivity contribution in [2.24, 2.45) is 17.8 Å². The summed E-state index contributed by atoms with van der Waals surface area (Å²) in [7, 11) is 4.71. The van der Waals surface area contributed by atoms with E-state index in [1.54, 1.807) is 45.2 Å². The lowest BCUT2D eigenvalue weighted by Crippen LogP contribution is -2.43. The third-order valence-electron chi connectivity index (χ3n) is 9.13. The predicted molar refractivity (Wildman–Crippen MR) is 175 cm³/mol. The third kappa shape index (κ3) is 6.55. The van der Waals surface area contributed by atoms with Gasteiger partial charge in [0.1, 0.15) is 6.04 Å². The number of amides is 2. The zero-order chi connectivity index (χ0) is 31.4. The molecule has 0 aromatic heterocycles. The van der Waals surface area contributed by atoms with Gasteiger partial charge in [0.05, 0.1) is 33.1 Å². The Labute approximate surface area is 263 Å². The van der Waals surface area contributed by atoms with Crippen LogP contribution in [0.2, 0.25) is 0 Å². The van der Waals surface area contributed by atoms with Crippen LogP contribution in [0.15, 0.2) is 41.2 Å². The van der Waals surface area contributed by atoms with Gasteiger partial charge in [0.2, 0.25) is 23.0 Å². The Bertz CT molecular complexity index is 1490. The van der Waals surface area contributed by atoms with Gasteiger partial charge in [-0.05, 0) is 96.8 Å². The van der Waals surface area contributed by atoms with Crippen LogP contribution >= 0.6 is 11.8 Å². The van der Waals surface area contributed by atoms with Crippen LogP contribution in [0.3, 0.4) is 0 Å². The van der Waals surface area contributed by atoms with Crippen LogP contribution in [-0.4, -0.2) is 57.7 Å². The van der Waals surface area contributed by atoms with Crippen molar-refractivity contribution in [2.45, 2.75) is 51.1 Å². The summed E-state index contributed by atoms with van der Waals surface area (Å²) in [4.78, 5) is 39.5. The Morgan fingerprint density at radius 2 is 1.84 bits per heavy atom. The number of nitrogens with one attached hydrogen (secondary N) is 3. The average Bonchev–Trinajstić information content (AvgIpc) is 3.57. The highest BCUT2D eigenvalue weighted by atomic mass is 32.2. The van der Waals surface area contributed by atoms with Gasteiger partial charge >= 0.3 is 0 Å². The highest BCUT2D eigenvalue weighted by Gasteiger charge is 2.36. The van der Waals surface area contributed by atoms with E-state index in [1.807, 2.05) is 18.4 Å². The lowest BCUT2D eigenvalue weighted by Gasteiger charge is -2.22. The second kappa shape index (κ2) is 14.0. The highest BCUT2D eigenvalue weighted by molar-refractivity contribution is 7.98. The lowest BCUT2D eigenvalue weighted by atomic mass is 9.93. The molecule has 0 spiro atoms. The van der Waals surface area contributed by atoms with Gasteiger partial charge in [-0.25, -0.2) is 0 Å². The summed E-state index contributed by atoms with van der Waals surface area (Å²) in [5, 5.41) is 9.49. The second-order valence-electron chi connectivity index (χ2n) is 11.9. The summed E-state index contributed by atoms with van der Waals surface area (Å²) in [5.41, 5.74) is 3.22. The van der Waals surface area contributed by atoms with Gasteiger partial charge in [-0.1, -0.05) is 18.2 Å². The van der Waals surface area contributed by atoms with E-state index in [4.69, 9.17) is 14.2 Å². The first-order valence-corrected chi connectivity index (χ1v) is 16.7. The van der Waals surface area contributed by atoms with Crippen LogP contribution in [0.1, 0.15) is 49.8 Å². The molecule has 5 rings (SSSR count). The highest BCUT2D eigenvalue weighted by Crippen LogP contribution is 2.50. The average molecular weight is 622 g/mol. The Morgan fingerprint density at radius 1 is 1.05 bits per heavy atom. The topological polar surface area (TPSA) is 115 Å². The maximum Gasteiger partial charge on any atom is 0.242 e. The number of benzene rings is 1. The minimum absolute atomic E-state index is 0.0989. The first-order chi connectivity index (χ1) is 21.3. The molecule has 2 amide bonds. The Morgan fingerprint density at radius 3 is 2.48 bits per heavy atom. The molecule has 1 fully saturated rings. The first-order valence-electron chi connectivity index (χ1n) is 15.3. The number of ether oxygens (including phenoxy) is 3. The van der Waals surface area contributed by atoms with Crippen molar-refractivity contribution in [1.29, 1.82) is 0 Å². The lowest BCUT2D eigenvalue weighted by molar-refractivity contribution is -0.122. The molecule has 3 N–H and O–H groups in total. The minimum atomic E-state index is -0.566. The Balaban J connectivity index is 1.52. The maximum atomic E-state index is 13.8. The molecule has 1 saturated carbocycles. The second-order valence-corrected chi connectivity index (χ2v) is 12.8. The van der Waals surface area contributed by atoms with E-state index in [-0.39, 0.29) is 17.2 Å². The molecule has 44 heavy (non-hydrogen) atoms. The molecule has 0 heterocycles. The molecule has 5 atom stereocenters. The molecule has 0 saturated heterocycles. The number of rotatable bonds is 12. The number of carbonyl (C=O) groups excluding carboxylic acids is 2. The van der Waals surface area contributed by atoms with E-state index >= 15 is 0 Å². The number of methoxy groups -OCH3 is 3. The molecule has 0 unspecified atom stereocenters. The Kier molecular flexibility index (Phi) is 10.1. The molecule has 236 valence electrons. The molecule has 3 aliphatic rings. The number of carbonyl (C=O) groups is 2. The van der Waals surface area contributed by atoms with Crippen LogP contribution in [0.4, 0.5) is 5.69 Å². The Hall–Kier alpha value is -3.66. The molecule has 0 radical (unpaired) electrons. The van der Waals surface area contributed by atoms with Gasteiger partial charge < -0.3 is 30.2 Å². The van der Waals surface area contributed by atoms with Gasteiger partial charge in [0, 0.05) is 19.0 Å². The van der Waals surface area contributed by atoms with Crippen molar-refractivity contribution in [3.05, 3.63) is 57.8 Å². The standard InChI is InChI=1S/C34H43N3O6S/c1-19(38)36-26-10-8-22-16-30(41-2)32(42-3)33(43-4)31(22)24-9-11-27(29(39)17-25(24)26)37-28(12-13-44-5)34(40)35-18-23-15-20-6-7-21(23)14-20/h6-7,9,11,16-17,20-21,23,26,28H,8,10,12-15,18H2,1-5H3,(H,35,40)(H,36,38)(H,37,39)/t20-,21+,23-,26-,28-/m0/s1. The number of hydrogen-bond donors (Lipinski definition) is 3. The van der Waals surface area contributed by atoms with E-state index in [0.717, 1.165) is 28.9 Å². The SMILES string of the molecule is COc1cc2c(c(OC)c1OC)-c1ccc(N[C@@H](CCSC)C(=O)NC[C@@H]3C[C@H]4C=C[C@@H]3C4)c(=O)cc1[C@@H](NC(C)=O)CC2. The molecule has 9 nitrogen and oxygen atoms in total. The van der Waals surface area contributed by atoms with E-state index in [9.17, 15) is 14.4 Å². The van der Waals surface area contributed by atoms with Crippen molar-refractivity contribution < 1.29 is 23.8 Å². The van der Waals surface area contributed by atoms with Gasteiger partial charge in [-0.15, -0.1) is 0 Å². The largest absolute Gasteiger partial charge is 0.493 e. The van der Waals surface area contributed by atoms with Crippen LogP contribution < -0.4 is 35.6 Å². The summed E-state index contributed by atoms with van der Waals surface area (Å²) < 4.78 is 17.2. The van der Waals surface area contributed by atoms with Crippen molar-refractivity contribution in [1.82, 2.24) is 10.6 Å². The summed E-state index contributed by atoms with van der Waals surface area (Å²) in [6.07, 6.45) is 10.7. The van der Waals surface area contributed by atoms with Crippen LogP contribution in [0, 0.1) is 17.8 Å². The van der Waals surface area contributed by atoms with E-state index in [1.165, 1.54) is 13.3 Å². The van der Waals surface area contributed by atoms with Gasteiger partial charge in [0.15, 0.2) is 11.5 Å². The van der Waals surface area contributed by atoms with Crippen molar-refractivity contribution in [3.8, 4) is 28.4 Å². The predicted octanol–water partition coefficient (Wildman–Crippen LogP) is 4.73. The van der Waals surface area contributed by atoms with E-state index in [0.29, 0.717) is 72.1 Å².